The number of aromatic amines is 1. The second-order valence-corrected chi connectivity index (χ2v) is 8.30. The van der Waals surface area contributed by atoms with E-state index >= 15 is 0 Å². The number of rotatable bonds is 8. The topological polar surface area (TPSA) is 63.1 Å². The fraction of sp³-hybridized carbons (Fsp3) is 0.292. The van der Waals surface area contributed by atoms with E-state index in [2.05, 4.69) is 36.3 Å². The summed E-state index contributed by atoms with van der Waals surface area (Å²) in [7, 11) is 1.93. The van der Waals surface area contributed by atoms with Gasteiger partial charge in [0.25, 0.3) is 0 Å². The van der Waals surface area contributed by atoms with Crippen LogP contribution in [0.4, 0.5) is 0 Å². The molecule has 0 amide bonds. The predicted octanol–water partition coefficient (Wildman–Crippen LogP) is 6.66. The molecule has 2 N–H and O–H groups in total. The summed E-state index contributed by atoms with van der Waals surface area (Å²) in [6.45, 7) is 5.73. The molecule has 2 aromatic heterocycles. The molecule has 0 saturated carbocycles. The summed E-state index contributed by atoms with van der Waals surface area (Å²) in [4.78, 5) is 8.04. The molecule has 2 heterocycles. The van der Waals surface area contributed by atoms with Crippen LogP contribution in [0.5, 0.6) is 5.75 Å². The molecular formula is C24H28Cl3N3O2. The highest BCUT2D eigenvalue weighted by Crippen LogP contribution is 2.29. The predicted molar refractivity (Wildman–Crippen MR) is 136 cm³/mol. The van der Waals surface area contributed by atoms with Crippen LogP contribution in [0.15, 0.2) is 52.9 Å². The molecule has 2 aromatic carbocycles. The number of furan rings is 1. The molecule has 5 nitrogen and oxygen atoms in total. The van der Waals surface area contributed by atoms with E-state index in [0.29, 0.717) is 29.7 Å². The van der Waals surface area contributed by atoms with Crippen molar-refractivity contribution in [1.82, 2.24) is 15.3 Å². The van der Waals surface area contributed by atoms with Gasteiger partial charge in [-0.3, -0.25) is 0 Å². The lowest BCUT2D eigenvalue weighted by Gasteiger charge is -2.13. The van der Waals surface area contributed by atoms with Gasteiger partial charge in [-0.1, -0.05) is 31.5 Å². The van der Waals surface area contributed by atoms with Crippen molar-refractivity contribution in [3.05, 3.63) is 70.4 Å². The fourth-order valence-electron chi connectivity index (χ4n) is 3.35. The molecule has 0 radical (unpaired) electrons. The lowest BCUT2D eigenvalue weighted by Crippen LogP contribution is -2.06. The molecule has 0 saturated heterocycles. The third-order valence-electron chi connectivity index (χ3n) is 4.78. The zero-order chi connectivity index (χ0) is 21.1. The first-order valence-electron chi connectivity index (χ1n) is 10.2. The molecular weight excluding hydrogens is 469 g/mol. The minimum Gasteiger partial charge on any atom is -0.493 e. The van der Waals surface area contributed by atoms with E-state index in [0.717, 1.165) is 40.5 Å². The van der Waals surface area contributed by atoms with Crippen molar-refractivity contribution < 1.29 is 9.15 Å². The van der Waals surface area contributed by atoms with E-state index in [-0.39, 0.29) is 24.8 Å². The smallest absolute Gasteiger partial charge is 0.174 e. The summed E-state index contributed by atoms with van der Waals surface area (Å²) in [6.07, 6.45) is 0.598. The van der Waals surface area contributed by atoms with Gasteiger partial charge < -0.3 is 19.5 Å². The molecule has 0 atom stereocenters. The Balaban J connectivity index is 0.00000181. The summed E-state index contributed by atoms with van der Waals surface area (Å²) in [5.74, 6) is 3.55. The number of nitrogens with zero attached hydrogens (tertiary/aromatic N) is 1. The van der Waals surface area contributed by atoms with Crippen LogP contribution in [0.1, 0.15) is 30.7 Å². The molecule has 0 unspecified atom stereocenters. The van der Waals surface area contributed by atoms with Crippen molar-refractivity contribution in [2.75, 3.05) is 13.7 Å². The molecule has 4 rings (SSSR count). The Labute approximate surface area is 205 Å². The summed E-state index contributed by atoms with van der Waals surface area (Å²) in [5.41, 5.74) is 4.11. The number of halogens is 3. The third-order valence-corrected chi connectivity index (χ3v) is 5.02. The van der Waals surface area contributed by atoms with Gasteiger partial charge >= 0.3 is 0 Å². The van der Waals surface area contributed by atoms with Crippen LogP contribution in [0.3, 0.4) is 0 Å². The largest absolute Gasteiger partial charge is 0.493 e. The Hall–Kier alpha value is -2.18. The summed E-state index contributed by atoms with van der Waals surface area (Å²) >= 11 is 6.22. The van der Waals surface area contributed by atoms with Gasteiger partial charge in [0.1, 0.15) is 11.5 Å². The van der Waals surface area contributed by atoms with Crippen LogP contribution >= 0.6 is 36.4 Å². The molecule has 0 aliphatic rings. The maximum Gasteiger partial charge on any atom is 0.174 e. The van der Waals surface area contributed by atoms with Crippen LogP contribution < -0.4 is 10.1 Å². The van der Waals surface area contributed by atoms with E-state index in [1.807, 2.05) is 43.4 Å². The maximum absolute atomic E-state index is 6.22. The Morgan fingerprint density at radius 1 is 1.09 bits per heavy atom. The monoisotopic (exact) mass is 495 g/mol. The number of ether oxygens (including phenoxy) is 1. The average molecular weight is 497 g/mol. The quantitative estimate of drug-likeness (QED) is 0.286. The van der Waals surface area contributed by atoms with Crippen molar-refractivity contribution in [3.63, 3.8) is 0 Å². The summed E-state index contributed by atoms with van der Waals surface area (Å²) in [5, 5.41) is 3.84. The van der Waals surface area contributed by atoms with Crippen LogP contribution in [-0.4, -0.2) is 23.6 Å². The Kier molecular flexibility index (Phi) is 9.47. The van der Waals surface area contributed by atoms with E-state index in [1.165, 1.54) is 5.56 Å². The zero-order valence-corrected chi connectivity index (χ0v) is 20.7. The number of H-pyrrole nitrogens is 1. The van der Waals surface area contributed by atoms with Crippen molar-refractivity contribution in [1.29, 1.82) is 0 Å². The number of nitrogens with one attached hydrogen (secondary N) is 2. The van der Waals surface area contributed by atoms with Gasteiger partial charge in [0.05, 0.1) is 17.6 Å². The van der Waals surface area contributed by atoms with Gasteiger partial charge in [0.2, 0.25) is 0 Å². The first-order chi connectivity index (χ1) is 14.5. The number of hydrogen-bond donors (Lipinski definition) is 2. The summed E-state index contributed by atoms with van der Waals surface area (Å²) < 4.78 is 12.1. The molecule has 0 aliphatic heterocycles. The van der Waals surface area contributed by atoms with Crippen molar-refractivity contribution in [2.45, 2.75) is 26.8 Å². The van der Waals surface area contributed by atoms with Gasteiger partial charge in [-0.05, 0) is 61.0 Å². The molecule has 172 valence electrons. The Bertz CT molecular complexity index is 1150. The molecule has 32 heavy (non-hydrogen) atoms. The Morgan fingerprint density at radius 3 is 2.66 bits per heavy atom. The van der Waals surface area contributed by atoms with Crippen molar-refractivity contribution in [2.24, 2.45) is 5.92 Å². The molecule has 0 fully saturated rings. The minimum absolute atomic E-state index is 0. The first kappa shape index (κ1) is 26.1. The van der Waals surface area contributed by atoms with Gasteiger partial charge in [-0.15, -0.1) is 24.8 Å². The maximum atomic E-state index is 6.22. The molecule has 0 aliphatic carbocycles. The van der Waals surface area contributed by atoms with E-state index < -0.39 is 0 Å². The number of hydrogen-bond acceptors (Lipinski definition) is 4. The Morgan fingerprint density at radius 2 is 1.91 bits per heavy atom. The first-order valence-corrected chi connectivity index (χ1v) is 10.5. The number of fused-ring (bicyclic) bond motifs is 1. The van der Waals surface area contributed by atoms with Crippen molar-refractivity contribution >= 4 is 47.4 Å². The van der Waals surface area contributed by atoms with Crippen LogP contribution in [-0.2, 0) is 13.0 Å². The molecule has 4 aromatic rings. The van der Waals surface area contributed by atoms with Crippen molar-refractivity contribution in [3.8, 4) is 17.3 Å². The summed E-state index contributed by atoms with van der Waals surface area (Å²) in [6, 6.07) is 15.8. The minimum atomic E-state index is 0. The normalized spacial score (nSPS) is 10.8. The van der Waals surface area contributed by atoms with Crippen LogP contribution in [0.2, 0.25) is 5.02 Å². The number of aromatic nitrogens is 2. The second kappa shape index (κ2) is 11.6. The van der Waals surface area contributed by atoms with E-state index in [1.54, 1.807) is 0 Å². The third kappa shape index (κ3) is 6.20. The van der Waals surface area contributed by atoms with Crippen LogP contribution in [0, 0.1) is 5.92 Å². The van der Waals surface area contributed by atoms with Gasteiger partial charge in [-0.2, -0.15) is 0 Å². The average Bonchev–Trinajstić information content (AvgIpc) is 3.34. The fourth-order valence-corrected chi connectivity index (χ4v) is 3.55. The van der Waals surface area contributed by atoms with Crippen LogP contribution in [0.25, 0.3) is 22.6 Å². The molecule has 0 spiro atoms. The highest BCUT2D eigenvalue weighted by Gasteiger charge is 2.13. The van der Waals surface area contributed by atoms with Gasteiger partial charge in [0.15, 0.2) is 11.6 Å². The zero-order valence-electron chi connectivity index (χ0n) is 18.3. The second-order valence-electron chi connectivity index (χ2n) is 7.87. The number of imidazole rings is 1. The molecule has 8 heteroatoms. The van der Waals surface area contributed by atoms with Gasteiger partial charge in [-0.25, -0.2) is 4.98 Å². The highest BCUT2D eigenvalue weighted by molar-refractivity contribution is 6.30. The highest BCUT2D eigenvalue weighted by atomic mass is 35.5. The number of benzene rings is 2. The lowest BCUT2D eigenvalue weighted by molar-refractivity contribution is 0.268. The van der Waals surface area contributed by atoms with E-state index in [4.69, 9.17) is 25.7 Å². The van der Waals surface area contributed by atoms with E-state index in [9.17, 15) is 0 Å². The lowest BCUT2D eigenvalue weighted by atomic mass is 10.1. The van der Waals surface area contributed by atoms with Gasteiger partial charge in [0, 0.05) is 23.6 Å². The SMILES string of the molecule is CNCc1ccc2[nH]c(-c3ccc(Cc4cc(Cl)ccc4OCC(C)C)o3)nc2c1.Cl.Cl. The molecule has 0 bridgehead atoms. The standard InChI is InChI=1S/C24H26ClN3O2.2ClH/c1-15(2)14-29-22-8-5-18(25)11-17(22)12-19-6-9-23(30-19)24-27-20-7-4-16(13-26-3)10-21(20)28-24;;/h4-11,15,26H,12-14H2,1-3H3,(H,27,28);2*1H.